The van der Waals surface area contributed by atoms with Crippen LogP contribution in [0.25, 0.3) is 0 Å². The lowest BCUT2D eigenvalue weighted by molar-refractivity contribution is -0.365. The minimum atomic E-state index is -1.89. The predicted molar refractivity (Wildman–Crippen MR) is 234 cm³/mol. The highest BCUT2D eigenvalue weighted by Gasteiger charge is 2.56. The molecule has 5 heterocycles. The van der Waals surface area contributed by atoms with Crippen molar-refractivity contribution in [3.63, 3.8) is 0 Å². The number of aliphatic hydroxyl groups excluding tert-OH is 14. The van der Waals surface area contributed by atoms with Crippen LogP contribution in [0.4, 0.5) is 0 Å². The summed E-state index contributed by atoms with van der Waals surface area (Å²) in [6.45, 7) is -5.19. The van der Waals surface area contributed by atoms with Crippen LogP contribution in [0.2, 0.25) is 0 Å². The maximum absolute atomic E-state index is 11.4. The van der Waals surface area contributed by atoms with Crippen molar-refractivity contribution in [3.05, 3.63) is 0 Å². The van der Waals surface area contributed by atoms with Gasteiger partial charge in [-0.15, -0.1) is 37.2 Å². The molecule has 0 saturated carbocycles. The Labute approximate surface area is 417 Å². The average molecular weight is 1090 g/mol. The van der Waals surface area contributed by atoms with E-state index in [2.05, 4.69) is 0 Å². The number of aldehydes is 1. The van der Waals surface area contributed by atoms with Gasteiger partial charge in [0.2, 0.25) is 0 Å². The van der Waals surface area contributed by atoms with E-state index >= 15 is 0 Å². The Morgan fingerprint density at radius 1 is 0.443 bits per heavy atom. The van der Waals surface area contributed by atoms with Crippen LogP contribution in [0.15, 0.2) is 0 Å². The number of hydrogen-bond acceptors (Lipinski definition) is 31. The van der Waals surface area contributed by atoms with Gasteiger partial charge < -0.3 is 158 Å². The molecule has 5 fully saturated rings. The first-order chi connectivity index (χ1) is 31.7. The third-order valence-electron chi connectivity index (χ3n) is 12.4. The van der Waals surface area contributed by atoms with Crippen LogP contribution >= 0.6 is 37.2 Å². The quantitative estimate of drug-likeness (QED) is 0.0503. The van der Waals surface area contributed by atoms with Gasteiger partial charge in [0.15, 0.2) is 31.5 Å². The summed E-state index contributed by atoms with van der Waals surface area (Å²) in [7, 11) is 0. The third-order valence-corrected chi connectivity index (χ3v) is 12.4. The second-order valence-corrected chi connectivity index (χ2v) is 16.9. The molecule has 0 aliphatic carbocycles. The first kappa shape index (κ1) is 65.5. The number of ether oxygens (including phenoxy) is 10. The molecular formula is C36H71Cl3N6O25. The fraction of sp³-hybridized carbons (Fsp3) is 0.972. The van der Waals surface area contributed by atoms with Gasteiger partial charge in [0.1, 0.15) is 116 Å². The summed E-state index contributed by atoms with van der Waals surface area (Å²) in [5.74, 6) is 0. The largest absolute Gasteiger partial charge is 0.394 e. The Kier molecular flexibility index (Phi) is 27.1. The van der Waals surface area contributed by atoms with E-state index in [1.54, 1.807) is 0 Å². The van der Waals surface area contributed by atoms with Crippen LogP contribution in [-0.2, 0) is 52.2 Å². The second-order valence-electron chi connectivity index (χ2n) is 16.9. The van der Waals surface area contributed by atoms with E-state index in [1.807, 2.05) is 0 Å². The van der Waals surface area contributed by atoms with Crippen molar-refractivity contribution in [2.45, 2.75) is 178 Å². The topological polar surface area (TPSA) is 549 Å². The molecule has 5 rings (SSSR count). The Balaban J connectivity index is 0.00000560. The van der Waals surface area contributed by atoms with Crippen molar-refractivity contribution >= 4 is 43.5 Å². The van der Waals surface area contributed by atoms with Gasteiger partial charge >= 0.3 is 0 Å². The molecule has 29 atom stereocenters. The summed E-state index contributed by atoms with van der Waals surface area (Å²) in [4.78, 5) is 11.2. The smallest absolute Gasteiger partial charge is 0.176 e. The maximum Gasteiger partial charge on any atom is 0.176 e. The Bertz CT molecular complexity index is 1520. The normalized spacial score (nSPS) is 46.3. The van der Waals surface area contributed by atoms with E-state index in [9.17, 15) is 76.3 Å². The van der Waals surface area contributed by atoms with Gasteiger partial charge in [-0.25, -0.2) is 0 Å². The lowest BCUT2D eigenvalue weighted by atomic mass is 9.93. The Hall–Kier alpha value is -0.660. The van der Waals surface area contributed by atoms with Crippen LogP contribution in [0, 0.1) is 0 Å². The number of carbonyl (C=O) groups is 1. The van der Waals surface area contributed by atoms with E-state index in [4.69, 9.17) is 81.8 Å². The molecule has 0 spiro atoms. The fourth-order valence-corrected chi connectivity index (χ4v) is 8.32. The third kappa shape index (κ3) is 14.0. The number of hydrogen-bond donors (Lipinski definition) is 20. The molecule has 0 aromatic carbocycles. The highest BCUT2D eigenvalue weighted by Crippen LogP contribution is 2.35. The molecule has 0 aromatic heterocycles. The summed E-state index contributed by atoms with van der Waals surface area (Å²) in [5.41, 5.74) is 36.5. The molecule has 0 bridgehead atoms. The van der Waals surface area contributed by atoms with E-state index in [0.29, 0.717) is 0 Å². The van der Waals surface area contributed by atoms with E-state index in [1.165, 1.54) is 0 Å². The summed E-state index contributed by atoms with van der Waals surface area (Å²) in [5, 5.41) is 146. The van der Waals surface area contributed by atoms with Gasteiger partial charge in [0.25, 0.3) is 0 Å². The second kappa shape index (κ2) is 29.0. The fourth-order valence-electron chi connectivity index (χ4n) is 8.32. The molecule has 5 saturated heterocycles. The summed E-state index contributed by atoms with van der Waals surface area (Å²) >= 11 is 0. The van der Waals surface area contributed by atoms with Gasteiger partial charge in [-0.3, -0.25) is 0 Å². The standard InChI is InChI=1S/C36H68N6O25.3ClH/c37-8(1-43)20(51)27(9(50)2-44)63-33-16(39)23(54)29(11(4-46)59-33)65-35-18(41)25(56)31(13(6-48)61-35)67-36-19(42)26(57)30(14(7-49)62-36)66-34-17(40)24(55)28(12(5-47)60-34)64-32-15(38)22(53)21(52)10(3-45)58-32;;;/h1,8-36,44-57H,2-7,37-42H2;3*1H/t8-,9+,10+,11+,12+,13+,14+,15+,16+,17+,18+,19+,20+,21+,22+,23+,24+,25+,26+,27+,28+,29+,30+,31+,32-,33-,34-,35-,36-;;;/m0.../s1. The molecule has 70 heavy (non-hydrogen) atoms. The number of rotatable bonds is 20. The van der Waals surface area contributed by atoms with E-state index < -0.39 is 217 Å². The number of nitrogens with two attached hydrogens (primary N) is 6. The monoisotopic (exact) mass is 1090 g/mol. The molecule has 0 unspecified atom stereocenters. The molecule has 0 radical (unpaired) electrons. The summed E-state index contributed by atoms with van der Waals surface area (Å²) < 4.78 is 57.5. The zero-order chi connectivity index (χ0) is 49.8. The summed E-state index contributed by atoms with van der Waals surface area (Å²) in [6, 6.07) is -9.23. The van der Waals surface area contributed by atoms with Crippen LogP contribution < -0.4 is 34.4 Å². The molecular weight excluding hydrogens is 1020 g/mol. The minimum absolute atomic E-state index is 0. The molecule has 31 nitrogen and oxygen atoms in total. The first-order valence-corrected chi connectivity index (χ1v) is 21.4. The maximum atomic E-state index is 11.4. The average Bonchev–Trinajstić information content (AvgIpc) is 3.33. The molecule has 0 aromatic rings. The van der Waals surface area contributed by atoms with Crippen molar-refractivity contribution in [2.75, 3.05) is 39.6 Å². The van der Waals surface area contributed by atoms with Crippen LogP contribution in [-0.4, -0.2) is 295 Å². The molecule has 5 aliphatic rings. The SMILES string of the molecule is Cl.Cl.Cl.N[C@H]1[C@H](O[C@H]2[C@H](O)[C@@H](N)[C@H](O[C@H]3[C@H](O)[C@@H](N)[C@H](O[C@H]4[C@H](O)[C@@H](N)[C@H](O[C@H]5[C@H](O)[C@@H](N)[C@H](O[C@@H]([C@H](O)[C@@H](N)C=O)[C@H](O)CO)O[C@@H]5CO)O[C@@H]4CO)O[C@@H]3CO)O[C@@H]2CO)O[C@H](CO)[C@@H](O)[C@@H]1O. The molecule has 0 amide bonds. The Morgan fingerprint density at radius 3 is 1.00 bits per heavy atom. The number of aliphatic hydroxyl groups is 14. The number of carbonyl (C=O) groups excluding carboxylic acids is 1. The van der Waals surface area contributed by atoms with Crippen LogP contribution in [0.3, 0.4) is 0 Å². The lowest BCUT2D eigenvalue weighted by Crippen LogP contribution is -2.71. The lowest BCUT2D eigenvalue weighted by Gasteiger charge is -2.50. The zero-order valence-electron chi connectivity index (χ0n) is 37.0. The van der Waals surface area contributed by atoms with Crippen LogP contribution in [0.1, 0.15) is 0 Å². The van der Waals surface area contributed by atoms with E-state index in [-0.39, 0.29) is 43.5 Å². The van der Waals surface area contributed by atoms with Gasteiger partial charge in [0.05, 0.1) is 75.9 Å². The van der Waals surface area contributed by atoms with Gasteiger partial charge in [-0.05, 0) is 0 Å². The molecule has 26 N–H and O–H groups in total. The highest BCUT2D eigenvalue weighted by molar-refractivity contribution is 5.86. The van der Waals surface area contributed by atoms with Gasteiger partial charge in [0, 0.05) is 0 Å². The van der Waals surface area contributed by atoms with Crippen molar-refractivity contribution in [2.24, 2.45) is 34.4 Å². The van der Waals surface area contributed by atoms with Crippen molar-refractivity contribution in [1.29, 1.82) is 0 Å². The van der Waals surface area contributed by atoms with Crippen LogP contribution in [0.5, 0.6) is 0 Å². The van der Waals surface area contributed by atoms with Crippen molar-refractivity contribution < 1.29 is 124 Å². The minimum Gasteiger partial charge on any atom is -0.394 e. The molecule has 416 valence electrons. The predicted octanol–water partition coefficient (Wildman–Crippen LogP) is -13.2. The van der Waals surface area contributed by atoms with Gasteiger partial charge in [-0.2, -0.15) is 0 Å². The molecule has 5 aliphatic heterocycles. The first-order valence-electron chi connectivity index (χ1n) is 21.4. The van der Waals surface area contributed by atoms with Crippen molar-refractivity contribution in [1.82, 2.24) is 0 Å². The number of halogens is 3. The summed E-state index contributed by atoms with van der Waals surface area (Å²) in [6.07, 6.45) is -37.6. The highest BCUT2D eigenvalue weighted by atomic mass is 35.5. The zero-order valence-corrected chi connectivity index (χ0v) is 39.5. The van der Waals surface area contributed by atoms with Crippen molar-refractivity contribution in [3.8, 4) is 0 Å². The molecule has 34 heteroatoms. The van der Waals surface area contributed by atoms with E-state index in [0.717, 1.165) is 0 Å². The Morgan fingerprint density at radius 2 is 0.714 bits per heavy atom. The van der Waals surface area contributed by atoms with Gasteiger partial charge in [-0.1, -0.05) is 0 Å².